The van der Waals surface area contributed by atoms with E-state index in [0.717, 1.165) is 30.5 Å². The molecule has 0 spiro atoms. The molecule has 3 heteroatoms. The van der Waals surface area contributed by atoms with Crippen molar-refractivity contribution in [2.24, 2.45) is 5.92 Å². The molecule has 0 amide bonds. The van der Waals surface area contributed by atoms with Gasteiger partial charge in [-0.2, -0.15) is 0 Å². The molecule has 2 atom stereocenters. The van der Waals surface area contributed by atoms with Crippen molar-refractivity contribution in [3.8, 4) is 0 Å². The summed E-state index contributed by atoms with van der Waals surface area (Å²) in [6, 6.07) is 6.80. The highest BCUT2D eigenvalue weighted by Gasteiger charge is 2.30. The molecule has 0 radical (unpaired) electrons. The molecular formula is C12H15ClN2. The molecular weight excluding hydrogens is 208 g/mol. The molecule has 1 aromatic carbocycles. The van der Waals surface area contributed by atoms with Gasteiger partial charge in [-0.25, -0.2) is 0 Å². The average Bonchev–Trinajstić information content (AvgIpc) is 2.27. The topological polar surface area (TPSA) is 24.1 Å². The van der Waals surface area contributed by atoms with Gasteiger partial charge in [-0.15, -0.1) is 0 Å². The SMILES string of the molecule is Clc1cccc2c1NC1CCNCC1C2. The number of rotatable bonds is 0. The van der Waals surface area contributed by atoms with E-state index in [1.807, 2.05) is 12.1 Å². The van der Waals surface area contributed by atoms with Crippen molar-refractivity contribution in [3.63, 3.8) is 0 Å². The Morgan fingerprint density at radius 1 is 1.33 bits per heavy atom. The summed E-state index contributed by atoms with van der Waals surface area (Å²) in [6.07, 6.45) is 2.36. The first kappa shape index (κ1) is 9.49. The number of hydrogen-bond acceptors (Lipinski definition) is 2. The van der Waals surface area contributed by atoms with Crippen molar-refractivity contribution >= 4 is 17.3 Å². The lowest BCUT2D eigenvalue weighted by atomic mass is 9.83. The molecule has 15 heavy (non-hydrogen) atoms. The fourth-order valence-electron chi connectivity index (χ4n) is 2.70. The van der Waals surface area contributed by atoms with E-state index < -0.39 is 0 Å². The molecule has 0 aliphatic carbocycles. The monoisotopic (exact) mass is 222 g/mol. The fraction of sp³-hybridized carbons (Fsp3) is 0.500. The summed E-state index contributed by atoms with van der Waals surface area (Å²) >= 11 is 6.20. The van der Waals surface area contributed by atoms with Crippen molar-refractivity contribution in [3.05, 3.63) is 28.8 Å². The van der Waals surface area contributed by atoms with E-state index >= 15 is 0 Å². The Morgan fingerprint density at radius 2 is 2.27 bits per heavy atom. The van der Waals surface area contributed by atoms with E-state index in [4.69, 9.17) is 11.6 Å². The maximum atomic E-state index is 6.20. The molecule has 2 aliphatic rings. The van der Waals surface area contributed by atoms with Crippen molar-refractivity contribution in [1.29, 1.82) is 0 Å². The van der Waals surface area contributed by atoms with Gasteiger partial charge in [0.1, 0.15) is 0 Å². The summed E-state index contributed by atoms with van der Waals surface area (Å²) < 4.78 is 0. The van der Waals surface area contributed by atoms with Crippen LogP contribution in [0.15, 0.2) is 18.2 Å². The number of benzene rings is 1. The number of hydrogen-bond donors (Lipinski definition) is 2. The summed E-state index contributed by atoms with van der Waals surface area (Å²) in [5, 5.41) is 7.92. The molecule has 0 bridgehead atoms. The molecule has 2 unspecified atom stereocenters. The van der Waals surface area contributed by atoms with Crippen LogP contribution in [0.3, 0.4) is 0 Å². The Balaban J connectivity index is 1.95. The number of fused-ring (bicyclic) bond motifs is 2. The second-order valence-corrected chi connectivity index (χ2v) is 4.89. The van der Waals surface area contributed by atoms with Gasteiger partial charge < -0.3 is 10.6 Å². The van der Waals surface area contributed by atoms with Crippen molar-refractivity contribution in [2.45, 2.75) is 18.9 Å². The van der Waals surface area contributed by atoms with E-state index in [2.05, 4.69) is 16.7 Å². The third kappa shape index (κ3) is 1.62. The first-order valence-corrected chi connectivity index (χ1v) is 5.97. The minimum atomic E-state index is 0.610. The van der Waals surface area contributed by atoms with E-state index in [1.165, 1.54) is 17.7 Å². The van der Waals surface area contributed by atoms with Crippen LogP contribution >= 0.6 is 11.6 Å². The molecule has 2 nitrogen and oxygen atoms in total. The third-order valence-corrected chi connectivity index (χ3v) is 3.83. The third-order valence-electron chi connectivity index (χ3n) is 3.52. The smallest absolute Gasteiger partial charge is 0.0640 e. The number of halogens is 1. The van der Waals surface area contributed by atoms with Crippen LogP contribution in [-0.2, 0) is 6.42 Å². The Hall–Kier alpha value is -0.730. The Labute approximate surface area is 95.0 Å². The minimum Gasteiger partial charge on any atom is -0.380 e. The minimum absolute atomic E-state index is 0.610. The molecule has 1 saturated heterocycles. The zero-order valence-corrected chi connectivity index (χ0v) is 9.35. The number of anilines is 1. The zero-order valence-electron chi connectivity index (χ0n) is 8.59. The van der Waals surface area contributed by atoms with Gasteiger partial charge in [-0.3, -0.25) is 0 Å². The normalized spacial score (nSPS) is 28.9. The van der Waals surface area contributed by atoms with Crippen LogP contribution in [0.5, 0.6) is 0 Å². The molecule has 2 heterocycles. The van der Waals surface area contributed by atoms with Gasteiger partial charge >= 0.3 is 0 Å². The number of piperidine rings is 1. The first-order chi connectivity index (χ1) is 7.34. The van der Waals surface area contributed by atoms with Crippen LogP contribution in [0.1, 0.15) is 12.0 Å². The van der Waals surface area contributed by atoms with E-state index in [0.29, 0.717) is 6.04 Å². The molecule has 1 fully saturated rings. The summed E-state index contributed by atoms with van der Waals surface area (Å²) in [6.45, 7) is 2.25. The summed E-state index contributed by atoms with van der Waals surface area (Å²) in [4.78, 5) is 0. The van der Waals surface area contributed by atoms with Crippen molar-refractivity contribution in [1.82, 2.24) is 5.32 Å². The first-order valence-electron chi connectivity index (χ1n) is 5.59. The Kier molecular flexibility index (Phi) is 2.33. The second kappa shape index (κ2) is 3.69. The largest absolute Gasteiger partial charge is 0.380 e. The Bertz CT molecular complexity index is 378. The maximum Gasteiger partial charge on any atom is 0.0640 e. The van der Waals surface area contributed by atoms with Crippen LogP contribution in [0.4, 0.5) is 5.69 Å². The fourth-order valence-corrected chi connectivity index (χ4v) is 2.94. The maximum absolute atomic E-state index is 6.20. The molecule has 2 aliphatic heterocycles. The predicted octanol–water partition coefficient (Wildman–Crippen LogP) is 2.29. The quantitative estimate of drug-likeness (QED) is 0.704. The molecule has 80 valence electrons. The van der Waals surface area contributed by atoms with Crippen molar-refractivity contribution < 1.29 is 0 Å². The van der Waals surface area contributed by atoms with Gasteiger partial charge in [-0.05, 0) is 36.9 Å². The summed E-state index contributed by atoms with van der Waals surface area (Å²) in [7, 11) is 0. The lowest BCUT2D eigenvalue weighted by Crippen LogP contribution is -2.47. The van der Waals surface area contributed by atoms with E-state index in [-0.39, 0.29) is 0 Å². The Morgan fingerprint density at radius 3 is 3.20 bits per heavy atom. The highest BCUT2D eigenvalue weighted by atomic mass is 35.5. The standard InChI is InChI=1S/C12H15ClN2/c13-10-3-1-2-8-6-9-7-14-5-4-11(9)15-12(8)10/h1-3,9,11,14-15H,4-7H2. The molecule has 0 saturated carbocycles. The van der Waals surface area contributed by atoms with Crippen LogP contribution in [0, 0.1) is 5.92 Å². The van der Waals surface area contributed by atoms with Crippen LogP contribution in [0.2, 0.25) is 5.02 Å². The lowest BCUT2D eigenvalue weighted by Gasteiger charge is -2.38. The van der Waals surface area contributed by atoms with Gasteiger partial charge in [0.25, 0.3) is 0 Å². The number of nitrogens with one attached hydrogen (secondary N) is 2. The van der Waals surface area contributed by atoms with Crippen LogP contribution < -0.4 is 10.6 Å². The van der Waals surface area contributed by atoms with Crippen molar-refractivity contribution in [2.75, 3.05) is 18.4 Å². The zero-order chi connectivity index (χ0) is 10.3. The van der Waals surface area contributed by atoms with Gasteiger partial charge in [0, 0.05) is 12.6 Å². The predicted molar refractivity (Wildman–Crippen MR) is 63.5 cm³/mol. The lowest BCUT2D eigenvalue weighted by molar-refractivity contribution is 0.333. The van der Waals surface area contributed by atoms with Gasteiger partial charge in [0.05, 0.1) is 10.7 Å². The second-order valence-electron chi connectivity index (χ2n) is 4.48. The van der Waals surface area contributed by atoms with Gasteiger partial charge in [0.15, 0.2) is 0 Å². The van der Waals surface area contributed by atoms with Crippen LogP contribution in [0.25, 0.3) is 0 Å². The van der Waals surface area contributed by atoms with Gasteiger partial charge in [-0.1, -0.05) is 23.7 Å². The highest BCUT2D eigenvalue weighted by molar-refractivity contribution is 6.33. The van der Waals surface area contributed by atoms with Gasteiger partial charge in [0.2, 0.25) is 0 Å². The van der Waals surface area contributed by atoms with E-state index in [1.54, 1.807) is 0 Å². The highest BCUT2D eigenvalue weighted by Crippen LogP contribution is 2.35. The molecule has 1 aromatic rings. The summed E-state index contributed by atoms with van der Waals surface area (Å²) in [5.74, 6) is 0.727. The van der Waals surface area contributed by atoms with Crippen LogP contribution in [-0.4, -0.2) is 19.1 Å². The summed E-state index contributed by atoms with van der Waals surface area (Å²) in [5.41, 5.74) is 2.54. The number of para-hydroxylation sites is 1. The molecule has 0 aromatic heterocycles. The molecule has 3 rings (SSSR count). The molecule has 2 N–H and O–H groups in total. The average molecular weight is 223 g/mol. The van der Waals surface area contributed by atoms with E-state index in [9.17, 15) is 0 Å².